The van der Waals surface area contributed by atoms with Gasteiger partial charge in [0.1, 0.15) is 0 Å². The molecule has 1 rings (SSSR count). The molecule has 0 aliphatic carbocycles. The summed E-state index contributed by atoms with van der Waals surface area (Å²) in [6.07, 6.45) is 1.66. The van der Waals surface area contributed by atoms with Crippen LogP contribution in [0.5, 0.6) is 0 Å². The lowest BCUT2D eigenvalue weighted by atomic mass is 9.97. The molecule has 6 heteroatoms. The standard InChI is InChI=1S/C12H22N2O3.ClH/c1-3-17-12(16)10-5-4-6-14(8-10)11(15)9(2)7-13;/h9-10H,3-8,13H2,1-2H3;1H. The Kier molecular flexibility index (Phi) is 7.95. The highest BCUT2D eigenvalue weighted by molar-refractivity contribution is 5.85. The molecule has 1 fully saturated rings. The van der Waals surface area contributed by atoms with Gasteiger partial charge in [0.15, 0.2) is 0 Å². The van der Waals surface area contributed by atoms with E-state index >= 15 is 0 Å². The van der Waals surface area contributed by atoms with Gasteiger partial charge in [0.05, 0.1) is 12.5 Å². The van der Waals surface area contributed by atoms with Crippen molar-refractivity contribution in [2.75, 3.05) is 26.2 Å². The Labute approximate surface area is 114 Å². The number of piperidine rings is 1. The summed E-state index contributed by atoms with van der Waals surface area (Å²) < 4.78 is 4.99. The van der Waals surface area contributed by atoms with E-state index in [1.807, 2.05) is 6.92 Å². The quantitative estimate of drug-likeness (QED) is 0.772. The molecule has 1 heterocycles. The number of carbonyl (C=O) groups excluding carboxylic acids is 2. The molecular weight excluding hydrogens is 256 g/mol. The summed E-state index contributed by atoms with van der Waals surface area (Å²) in [4.78, 5) is 25.3. The molecule has 0 radical (unpaired) electrons. The van der Waals surface area contributed by atoms with Crippen molar-refractivity contribution in [2.45, 2.75) is 26.7 Å². The summed E-state index contributed by atoms with van der Waals surface area (Å²) >= 11 is 0. The van der Waals surface area contributed by atoms with Crippen molar-refractivity contribution < 1.29 is 14.3 Å². The number of carbonyl (C=O) groups is 2. The van der Waals surface area contributed by atoms with E-state index in [9.17, 15) is 9.59 Å². The van der Waals surface area contributed by atoms with E-state index in [0.717, 1.165) is 19.4 Å². The maximum atomic E-state index is 11.9. The minimum absolute atomic E-state index is 0. The van der Waals surface area contributed by atoms with E-state index in [-0.39, 0.29) is 36.1 Å². The van der Waals surface area contributed by atoms with Gasteiger partial charge >= 0.3 is 5.97 Å². The fraction of sp³-hybridized carbons (Fsp3) is 0.833. The normalized spacial score (nSPS) is 20.8. The van der Waals surface area contributed by atoms with Gasteiger partial charge in [0.25, 0.3) is 0 Å². The molecule has 2 unspecified atom stereocenters. The van der Waals surface area contributed by atoms with Gasteiger partial charge in [-0.2, -0.15) is 0 Å². The van der Waals surface area contributed by atoms with E-state index in [4.69, 9.17) is 10.5 Å². The predicted molar refractivity (Wildman–Crippen MR) is 71.4 cm³/mol. The van der Waals surface area contributed by atoms with Gasteiger partial charge in [0.2, 0.25) is 5.91 Å². The van der Waals surface area contributed by atoms with Gasteiger partial charge in [-0.1, -0.05) is 6.92 Å². The number of esters is 1. The fourth-order valence-electron chi connectivity index (χ4n) is 2.04. The smallest absolute Gasteiger partial charge is 0.310 e. The summed E-state index contributed by atoms with van der Waals surface area (Å²) in [5.74, 6) is -0.486. The van der Waals surface area contributed by atoms with Crippen LogP contribution in [0.4, 0.5) is 0 Å². The van der Waals surface area contributed by atoms with E-state index < -0.39 is 0 Å². The van der Waals surface area contributed by atoms with Crippen molar-refractivity contribution >= 4 is 24.3 Å². The average molecular weight is 279 g/mol. The Morgan fingerprint density at radius 1 is 1.50 bits per heavy atom. The maximum absolute atomic E-state index is 11.9. The van der Waals surface area contributed by atoms with Crippen LogP contribution in [0, 0.1) is 11.8 Å². The Bertz CT molecular complexity index is 286. The molecule has 1 saturated heterocycles. The first-order valence-corrected chi connectivity index (χ1v) is 6.25. The molecular formula is C12H23ClN2O3. The number of amides is 1. The zero-order valence-corrected chi connectivity index (χ0v) is 11.9. The number of likely N-dealkylation sites (tertiary alicyclic amines) is 1. The zero-order valence-electron chi connectivity index (χ0n) is 11.1. The molecule has 2 N–H and O–H groups in total. The first kappa shape index (κ1) is 17.2. The highest BCUT2D eigenvalue weighted by atomic mass is 35.5. The van der Waals surface area contributed by atoms with Crippen LogP contribution >= 0.6 is 12.4 Å². The number of rotatable bonds is 4. The third kappa shape index (κ3) is 4.46. The lowest BCUT2D eigenvalue weighted by Crippen LogP contribution is -2.46. The molecule has 18 heavy (non-hydrogen) atoms. The Morgan fingerprint density at radius 2 is 2.17 bits per heavy atom. The molecule has 2 atom stereocenters. The largest absolute Gasteiger partial charge is 0.466 e. The molecule has 0 aromatic rings. The van der Waals surface area contributed by atoms with E-state index in [1.165, 1.54) is 0 Å². The van der Waals surface area contributed by atoms with Crippen molar-refractivity contribution in [3.8, 4) is 0 Å². The predicted octanol–water partition coefficient (Wildman–Crippen LogP) is 0.805. The van der Waals surface area contributed by atoms with Crippen LogP contribution in [0.2, 0.25) is 0 Å². The monoisotopic (exact) mass is 278 g/mol. The second kappa shape index (κ2) is 8.32. The fourth-order valence-corrected chi connectivity index (χ4v) is 2.04. The zero-order chi connectivity index (χ0) is 12.8. The summed E-state index contributed by atoms with van der Waals surface area (Å²) in [6, 6.07) is 0. The third-order valence-electron chi connectivity index (χ3n) is 3.13. The van der Waals surface area contributed by atoms with Crippen LogP contribution < -0.4 is 5.73 Å². The van der Waals surface area contributed by atoms with E-state index in [0.29, 0.717) is 19.7 Å². The molecule has 5 nitrogen and oxygen atoms in total. The SMILES string of the molecule is CCOC(=O)C1CCCN(C(=O)C(C)CN)C1.Cl. The first-order valence-electron chi connectivity index (χ1n) is 6.25. The van der Waals surface area contributed by atoms with Gasteiger partial charge in [-0.05, 0) is 19.8 Å². The van der Waals surface area contributed by atoms with Gasteiger partial charge < -0.3 is 15.4 Å². The Balaban J connectivity index is 0.00000289. The van der Waals surface area contributed by atoms with E-state index in [2.05, 4.69) is 0 Å². The van der Waals surface area contributed by atoms with Crippen LogP contribution in [0.3, 0.4) is 0 Å². The highest BCUT2D eigenvalue weighted by Gasteiger charge is 2.30. The molecule has 0 saturated carbocycles. The van der Waals surface area contributed by atoms with Crippen LogP contribution in [0.1, 0.15) is 26.7 Å². The maximum Gasteiger partial charge on any atom is 0.310 e. The molecule has 0 bridgehead atoms. The molecule has 0 aromatic carbocycles. The second-order valence-corrected chi connectivity index (χ2v) is 4.51. The number of nitrogens with two attached hydrogens (primary N) is 1. The molecule has 106 valence electrons. The van der Waals surface area contributed by atoms with Crippen LogP contribution in [-0.2, 0) is 14.3 Å². The number of hydrogen-bond donors (Lipinski definition) is 1. The van der Waals surface area contributed by atoms with Gasteiger partial charge in [-0.15, -0.1) is 12.4 Å². The van der Waals surface area contributed by atoms with Crippen molar-refractivity contribution in [3.63, 3.8) is 0 Å². The van der Waals surface area contributed by atoms with Gasteiger partial charge in [-0.25, -0.2) is 0 Å². The first-order chi connectivity index (χ1) is 8.10. The van der Waals surface area contributed by atoms with Gasteiger partial charge in [0, 0.05) is 25.6 Å². The van der Waals surface area contributed by atoms with Crippen LogP contribution in [0.25, 0.3) is 0 Å². The van der Waals surface area contributed by atoms with Crippen LogP contribution in [-0.4, -0.2) is 43.0 Å². The average Bonchev–Trinajstić information content (AvgIpc) is 2.37. The molecule has 0 spiro atoms. The lowest BCUT2D eigenvalue weighted by molar-refractivity contribution is -0.151. The van der Waals surface area contributed by atoms with Crippen molar-refractivity contribution in [1.29, 1.82) is 0 Å². The summed E-state index contributed by atoms with van der Waals surface area (Å²) in [6.45, 7) is 5.54. The molecule has 1 amide bonds. The minimum Gasteiger partial charge on any atom is -0.466 e. The number of ether oxygens (including phenoxy) is 1. The Morgan fingerprint density at radius 3 is 2.72 bits per heavy atom. The van der Waals surface area contributed by atoms with Crippen molar-refractivity contribution in [1.82, 2.24) is 4.90 Å². The topological polar surface area (TPSA) is 72.6 Å². The van der Waals surface area contributed by atoms with Gasteiger partial charge in [-0.3, -0.25) is 9.59 Å². The summed E-state index contributed by atoms with van der Waals surface area (Å²) in [5, 5.41) is 0. The Hall–Kier alpha value is -0.810. The number of hydrogen-bond acceptors (Lipinski definition) is 4. The number of halogens is 1. The summed E-state index contributed by atoms with van der Waals surface area (Å²) in [7, 11) is 0. The minimum atomic E-state index is -0.189. The summed E-state index contributed by atoms with van der Waals surface area (Å²) in [5.41, 5.74) is 5.48. The van der Waals surface area contributed by atoms with Crippen molar-refractivity contribution in [3.05, 3.63) is 0 Å². The highest BCUT2D eigenvalue weighted by Crippen LogP contribution is 2.19. The third-order valence-corrected chi connectivity index (χ3v) is 3.13. The lowest BCUT2D eigenvalue weighted by Gasteiger charge is -2.33. The van der Waals surface area contributed by atoms with E-state index in [1.54, 1.807) is 11.8 Å². The molecule has 1 aliphatic rings. The van der Waals surface area contributed by atoms with Crippen molar-refractivity contribution in [2.24, 2.45) is 17.6 Å². The second-order valence-electron chi connectivity index (χ2n) is 4.51. The number of nitrogens with zero attached hydrogens (tertiary/aromatic N) is 1. The van der Waals surface area contributed by atoms with Crippen LogP contribution in [0.15, 0.2) is 0 Å². The molecule has 0 aromatic heterocycles. The molecule has 1 aliphatic heterocycles.